The van der Waals surface area contributed by atoms with Crippen molar-refractivity contribution in [1.82, 2.24) is 5.32 Å². The summed E-state index contributed by atoms with van der Waals surface area (Å²) in [7, 11) is 0. The van der Waals surface area contributed by atoms with E-state index in [1.54, 1.807) is 0 Å². The predicted molar refractivity (Wildman–Crippen MR) is 95.7 cm³/mol. The van der Waals surface area contributed by atoms with Gasteiger partial charge in [0.05, 0.1) is 21.8 Å². The minimum absolute atomic E-state index is 0.146. The van der Waals surface area contributed by atoms with Crippen molar-refractivity contribution in [1.29, 1.82) is 0 Å². The summed E-state index contributed by atoms with van der Waals surface area (Å²) in [5.74, 6) is -3.36. The lowest BCUT2D eigenvalue weighted by Gasteiger charge is -2.33. The van der Waals surface area contributed by atoms with Gasteiger partial charge >= 0.3 is 6.18 Å². The van der Waals surface area contributed by atoms with Gasteiger partial charge in [-0.2, -0.15) is 13.2 Å². The molecule has 1 N–H and O–H groups in total. The van der Waals surface area contributed by atoms with Gasteiger partial charge < -0.3 is 10.2 Å². The summed E-state index contributed by atoms with van der Waals surface area (Å²) >= 11 is 5.85. The molecule has 29 heavy (non-hydrogen) atoms. The third-order valence-electron chi connectivity index (χ3n) is 4.48. The predicted octanol–water partition coefficient (Wildman–Crippen LogP) is 4.56. The van der Waals surface area contributed by atoms with Crippen molar-refractivity contribution in [3.8, 4) is 0 Å². The Morgan fingerprint density at radius 3 is 2.52 bits per heavy atom. The van der Waals surface area contributed by atoms with Crippen molar-refractivity contribution in [2.75, 3.05) is 11.4 Å². The van der Waals surface area contributed by atoms with Crippen LogP contribution in [0.4, 0.5) is 27.6 Å². The van der Waals surface area contributed by atoms with E-state index in [4.69, 9.17) is 11.6 Å². The summed E-state index contributed by atoms with van der Waals surface area (Å²) in [6.07, 6.45) is -4.07. The zero-order valence-corrected chi connectivity index (χ0v) is 15.5. The average molecular weight is 433 g/mol. The number of alkyl halides is 3. The molecule has 0 bridgehead atoms. The van der Waals surface area contributed by atoms with Gasteiger partial charge in [-0.25, -0.2) is 8.78 Å². The molecule has 0 aromatic heterocycles. The minimum atomic E-state index is -4.67. The molecule has 0 radical (unpaired) electrons. The van der Waals surface area contributed by atoms with Crippen LogP contribution in [0.15, 0.2) is 36.4 Å². The van der Waals surface area contributed by atoms with E-state index >= 15 is 0 Å². The third-order valence-corrected chi connectivity index (χ3v) is 4.81. The number of nitrogens with zero attached hydrogens (tertiary/aromatic N) is 1. The molecule has 1 aliphatic heterocycles. The van der Waals surface area contributed by atoms with Crippen LogP contribution in [0.5, 0.6) is 0 Å². The second-order valence-corrected chi connectivity index (χ2v) is 6.85. The summed E-state index contributed by atoms with van der Waals surface area (Å²) in [6, 6.07) is 3.93. The van der Waals surface area contributed by atoms with Gasteiger partial charge in [0.2, 0.25) is 5.91 Å². The van der Waals surface area contributed by atoms with Crippen LogP contribution < -0.4 is 10.2 Å². The normalized spacial score (nSPS) is 17.4. The number of benzene rings is 2. The summed E-state index contributed by atoms with van der Waals surface area (Å²) in [4.78, 5) is 26.2. The van der Waals surface area contributed by atoms with Crippen LogP contribution in [0.1, 0.15) is 28.8 Å². The SMILES string of the molecule is O=C(NC1CCCN(c2ccc(F)cc2F)C1=O)c1cc(C(F)(F)F)ccc1Cl. The zero-order chi connectivity index (χ0) is 21.3. The molecule has 0 spiro atoms. The number of carbonyl (C=O) groups is 2. The van der Waals surface area contributed by atoms with Crippen LogP contribution >= 0.6 is 11.6 Å². The molecule has 1 fully saturated rings. The maximum absolute atomic E-state index is 14.0. The summed E-state index contributed by atoms with van der Waals surface area (Å²) in [5.41, 5.74) is -1.64. The maximum Gasteiger partial charge on any atom is 0.416 e. The third kappa shape index (κ3) is 4.50. The molecular formula is C19H14ClF5N2O2. The number of amides is 2. The minimum Gasteiger partial charge on any atom is -0.340 e. The number of hydrogen-bond donors (Lipinski definition) is 1. The molecule has 2 aromatic rings. The van der Waals surface area contributed by atoms with Gasteiger partial charge in [0.15, 0.2) is 0 Å². The van der Waals surface area contributed by atoms with Crippen molar-refractivity contribution >= 4 is 29.1 Å². The Bertz CT molecular complexity index is 964. The molecule has 1 unspecified atom stereocenters. The van der Waals surface area contributed by atoms with E-state index in [0.29, 0.717) is 18.6 Å². The van der Waals surface area contributed by atoms with E-state index in [1.165, 1.54) is 0 Å². The van der Waals surface area contributed by atoms with E-state index < -0.39 is 46.8 Å². The van der Waals surface area contributed by atoms with Crippen LogP contribution in [-0.2, 0) is 11.0 Å². The Kier molecular flexibility index (Phi) is 5.79. The second-order valence-electron chi connectivity index (χ2n) is 6.45. The first-order valence-electron chi connectivity index (χ1n) is 8.52. The van der Waals surface area contributed by atoms with E-state index in [2.05, 4.69) is 5.32 Å². The van der Waals surface area contributed by atoms with Crippen LogP contribution in [0.3, 0.4) is 0 Å². The Labute approximate surface area is 167 Å². The maximum atomic E-state index is 14.0. The van der Waals surface area contributed by atoms with Gasteiger partial charge in [0.1, 0.15) is 17.7 Å². The first-order valence-corrected chi connectivity index (χ1v) is 8.90. The molecule has 4 nitrogen and oxygen atoms in total. The molecule has 1 atom stereocenters. The quantitative estimate of drug-likeness (QED) is 0.723. The van der Waals surface area contributed by atoms with Gasteiger partial charge in [-0.15, -0.1) is 0 Å². The number of piperidine rings is 1. The largest absolute Gasteiger partial charge is 0.416 e. The summed E-state index contributed by atoms with van der Waals surface area (Å²) in [6.45, 7) is 0.151. The molecule has 3 rings (SSSR count). The highest BCUT2D eigenvalue weighted by molar-refractivity contribution is 6.34. The van der Waals surface area contributed by atoms with Crippen molar-refractivity contribution in [2.24, 2.45) is 0 Å². The van der Waals surface area contributed by atoms with Crippen molar-refractivity contribution in [2.45, 2.75) is 25.1 Å². The van der Waals surface area contributed by atoms with Gasteiger partial charge in [0, 0.05) is 12.6 Å². The highest BCUT2D eigenvalue weighted by atomic mass is 35.5. The van der Waals surface area contributed by atoms with Gasteiger partial charge in [0.25, 0.3) is 5.91 Å². The summed E-state index contributed by atoms with van der Waals surface area (Å²) < 4.78 is 65.8. The average Bonchev–Trinajstić information content (AvgIpc) is 2.63. The van der Waals surface area contributed by atoms with Crippen LogP contribution in [0.2, 0.25) is 5.02 Å². The molecule has 2 aromatic carbocycles. The highest BCUT2D eigenvalue weighted by Crippen LogP contribution is 2.32. The van der Waals surface area contributed by atoms with Gasteiger partial charge in [-0.1, -0.05) is 11.6 Å². The van der Waals surface area contributed by atoms with E-state index in [9.17, 15) is 31.5 Å². The number of carbonyl (C=O) groups excluding carboxylic acids is 2. The monoisotopic (exact) mass is 432 g/mol. The van der Waals surface area contributed by atoms with E-state index in [-0.39, 0.29) is 23.7 Å². The number of anilines is 1. The number of rotatable bonds is 3. The fourth-order valence-electron chi connectivity index (χ4n) is 3.06. The Hall–Kier alpha value is -2.68. The molecule has 10 heteroatoms. The van der Waals surface area contributed by atoms with E-state index in [0.717, 1.165) is 29.2 Å². The molecular weight excluding hydrogens is 419 g/mol. The van der Waals surface area contributed by atoms with Crippen LogP contribution in [0.25, 0.3) is 0 Å². The van der Waals surface area contributed by atoms with Crippen molar-refractivity contribution in [3.63, 3.8) is 0 Å². The molecule has 1 aliphatic rings. The lowest BCUT2D eigenvalue weighted by Crippen LogP contribution is -2.52. The Morgan fingerprint density at radius 1 is 1.14 bits per heavy atom. The number of halogens is 6. The van der Waals surface area contributed by atoms with Gasteiger partial charge in [-0.3, -0.25) is 9.59 Å². The van der Waals surface area contributed by atoms with Crippen LogP contribution in [0, 0.1) is 11.6 Å². The lowest BCUT2D eigenvalue weighted by molar-refractivity contribution is -0.137. The standard InChI is InChI=1S/C19H14ClF5N2O2/c20-13-5-3-10(19(23,24)25)8-12(13)17(28)26-15-2-1-7-27(18(15)29)16-6-4-11(21)9-14(16)22/h3-6,8-9,15H,1-2,7H2,(H,26,28). The van der Waals surface area contributed by atoms with Gasteiger partial charge in [-0.05, 0) is 43.2 Å². The zero-order valence-electron chi connectivity index (χ0n) is 14.7. The highest BCUT2D eigenvalue weighted by Gasteiger charge is 2.34. The second kappa shape index (κ2) is 7.98. The Morgan fingerprint density at radius 2 is 1.86 bits per heavy atom. The lowest BCUT2D eigenvalue weighted by atomic mass is 10.0. The molecule has 1 saturated heterocycles. The first-order chi connectivity index (χ1) is 13.6. The molecule has 0 aliphatic carbocycles. The van der Waals surface area contributed by atoms with Crippen molar-refractivity contribution < 1.29 is 31.5 Å². The fraction of sp³-hybridized carbons (Fsp3) is 0.263. The summed E-state index contributed by atoms with van der Waals surface area (Å²) in [5, 5.41) is 2.15. The molecule has 154 valence electrons. The Balaban J connectivity index is 1.81. The molecule has 2 amide bonds. The number of hydrogen-bond acceptors (Lipinski definition) is 2. The molecule has 0 saturated carbocycles. The van der Waals surface area contributed by atoms with E-state index in [1.807, 2.05) is 0 Å². The topological polar surface area (TPSA) is 49.4 Å². The number of nitrogens with one attached hydrogen (secondary N) is 1. The molecule has 1 heterocycles. The fourth-order valence-corrected chi connectivity index (χ4v) is 3.26. The van der Waals surface area contributed by atoms with Crippen LogP contribution in [-0.4, -0.2) is 24.4 Å². The van der Waals surface area contributed by atoms with Crippen molar-refractivity contribution in [3.05, 3.63) is 64.2 Å². The first kappa shape index (κ1) is 21.0. The smallest absolute Gasteiger partial charge is 0.340 e.